The lowest BCUT2D eigenvalue weighted by Crippen LogP contribution is -2.26. The summed E-state index contributed by atoms with van der Waals surface area (Å²) in [4.78, 5) is 22.2. The van der Waals surface area contributed by atoms with Gasteiger partial charge >= 0.3 is 5.97 Å². The molecular formula is C13H21N3O3. The van der Waals surface area contributed by atoms with Crippen molar-refractivity contribution in [1.29, 1.82) is 0 Å². The van der Waals surface area contributed by atoms with Gasteiger partial charge in [0.15, 0.2) is 0 Å². The Labute approximate surface area is 112 Å². The van der Waals surface area contributed by atoms with E-state index in [2.05, 4.69) is 10.4 Å². The molecule has 0 aliphatic rings. The molecule has 1 amide bonds. The molecular weight excluding hydrogens is 246 g/mol. The third kappa shape index (κ3) is 5.11. The summed E-state index contributed by atoms with van der Waals surface area (Å²) in [5, 5.41) is 15.5. The standard InChI is InChI=1S/C13H21N3O3/c1-3-10-9-11(16(2)15-10)13(19)14-8-6-4-5-7-12(17)18/h9H,3-8H2,1-2H3,(H,14,19)(H,17,18). The molecule has 6 heteroatoms. The highest BCUT2D eigenvalue weighted by Crippen LogP contribution is 2.04. The van der Waals surface area contributed by atoms with Crippen LogP contribution < -0.4 is 5.32 Å². The molecule has 1 heterocycles. The number of hydrogen-bond acceptors (Lipinski definition) is 3. The van der Waals surface area contributed by atoms with E-state index in [0.717, 1.165) is 25.0 Å². The minimum absolute atomic E-state index is 0.132. The van der Waals surface area contributed by atoms with E-state index in [4.69, 9.17) is 5.11 Å². The molecule has 0 fully saturated rings. The number of carbonyl (C=O) groups excluding carboxylic acids is 1. The Morgan fingerprint density at radius 2 is 2.11 bits per heavy atom. The topological polar surface area (TPSA) is 84.2 Å². The maximum Gasteiger partial charge on any atom is 0.303 e. The lowest BCUT2D eigenvalue weighted by atomic mass is 10.2. The number of nitrogens with one attached hydrogen (secondary N) is 1. The fourth-order valence-corrected chi connectivity index (χ4v) is 1.78. The minimum atomic E-state index is -0.772. The molecule has 0 spiro atoms. The molecule has 1 aromatic rings. The largest absolute Gasteiger partial charge is 0.481 e. The summed E-state index contributed by atoms with van der Waals surface area (Å²) in [5.74, 6) is -0.904. The van der Waals surface area contributed by atoms with Gasteiger partial charge in [-0.2, -0.15) is 5.10 Å². The molecule has 0 saturated heterocycles. The lowest BCUT2D eigenvalue weighted by Gasteiger charge is -2.04. The number of aryl methyl sites for hydroxylation is 2. The van der Waals surface area contributed by atoms with E-state index in [0.29, 0.717) is 18.7 Å². The van der Waals surface area contributed by atoms with Gasteiger partial charge in [0.25, 0.3) is 5.91 Å². The summed E-state index contributed by atoms with van der Waals surface area (Å²) in [7, 11) is 1.75. The van der Waals surface area contributed by atoms with Gasteiger partial charge < -0.3 is 10.4 Å². The quantitative estimate of drug-likeness (QED) is 0.696. The Morgan fingerprint density at radius 3 is 2.68 bits per heavy atom. The zero-order valence-electron chi connectivity index (χ0n) is 11.5. The molecule has 0 bridgehead atoms. The molecule has 19 heavy (non-hydrogen) atoms. The van der Waals surface area contributed by atoms with E-state index in [1.54, 1.807) is 17.8 Å². The summed E-state index contributed by atoms with van der Waals surface area (Å²) >= 11 is 0. The normalized spacial score (nSPS) is 10.4. The van der Waals surface area contributed by atoms with Crippen LogP contribution in [-0.4, -0.2) is 33.3 Å². The van der Waals surface area contributed by atoms with Crippen molar-refractivity contribution in [3.05, 3.63) is 17.5 Å². The molecule has 0 atom stereocenters. The average Bonchev–Trinajstić information content (AvgIpc) is 2.74. The first-order valence-electron chi connectivity index (χ1n) is 6.57. The van der Waals surface area contributed by atoms with E-state index >= 15 is 0 Å². The number of rotatable bonds is 8. The fraction of sp³-hybridized carbons (Fsp3) is 0.615. The average molecular weight is 267 g/mol. The van der Waals surface area contributed by atoms with E-state index in [-0.39, 0.29) is 12.3 Å². The highest BCUT2D eigenvalue weighted by Gasteiger charge is 2.11. The molecule has 0 aromatic carbocycles. The SMILES string of the molecule is CCc1cc(C(=O)NCCCCCC(=O)O)n(C)n1. The van der Waals surface area contributed by atoms with Crippen LogP contribution in [0.4, 0.5) is 0 Å². The van der Waals surface area contributed by atoms with Crippen molar-refractivity contribution in [2.45, 2.75) is 39.0 Å². The number of aliphatic carboxylic acids is 1. The number of carbonyl (C=O) groups is 2. The van der Waals surface area contributed by atoms with Crippen LogP contribution in [0, 0.1) is 0 Å². The number of nitrogens with zero attached hydrogens (tertiary/aromatic N) is 2. The monoisotopic (exact) mass is 267 g/mol. The second kappa shape index (κ2) is 7.56. The zero-order chi connectivity index (χ0) is 14.3. The highest BCUT2D eigenvalue weighted by molar-refractivity contribution is 5.92. The number of hydrogen-bond donors (Lipinski definition) is 2. The zero-order valence-corrected chi connectivity index (χ0v) is 11.5. The number of aromatic nitrogens is 2. The van der Waals surface area contributed by atoms with E-state index < -0.39 is 5.97 Å². The van der Waals surface area contributed by atoms with Crippen LogP contribution in [0.5, 0.6) is 0 Å². The predicted octanol–water partition coefficient (Wildman–Crippen LogP) is 1.36. The van der Waals surface area contributed by atoms with Crippen LogP contribution in [0.15, 0.2) is 6.07 Å². The third-order valence-corrected chi connectivity index (χ3v) is 2.88. The number of unbranched alkanes of at least 4 members (excludes halogenated alkanes) is 2. The van der Waals surface area contributed by atoms with Crippen LogP contribution in [0.2, 0.25) is 0 Å². The van der Waals surface area contributed by atoms with Crippen molar-refractivity contribution in [2.75, 3.05) is 6.54 Å². The maximum atomic E-state index is 11.9. The Hall–Kier alpha value is -1.85. The van der Waals surface area contributed by atoms with Gasteiger partial charge in [-0.1, -0.05) is 13.3 Å². The Kier molecular flexibility index (Phi) is 6.05. The van der Waals surface area contributed by atoms with Crippen LogP contribution in [-0.2, 0) is 18.3 Å². The first-order valence-corrected chi connectivity index (χ1v) is 6.57. The summed E-state index contributed by atoms with van der Waals surface area (Å²) in [5.41, 5.74) is 1.46. The molecule has 0 aliphatic heterocycles. The van der Waals surface area contributed by atoms with Gasteiger partial charge in [-0.25, -0.2) is 0 Å². The van der Waals surface area contributed by atoms with Crippen molar-refractivity contribution in [1.82, 2.24) is 15.1 Å². The smallest absolute Gasteiger partial charge is 0.303 e. The van der Waals surface area contributed by atoms with Crippen molar-refractivity contribution < 1.29 is 14.7 Å². The van der Waals surface area contributed by atoms with Crippen LogP contribution >= 0.6 is 0 Å². The van der Waals surface area contributed by atoms with Gasteiger partial charge in [0, 0.05) is 20.0 Å². The van der Waals surface area contributed by atoms with E-state index in [1.807, 2.05) is 6.92 Å². The molecule has 1 aromatic heterocycles. The van der Waals surface area contributed by atoms with Gasteiger partial charge in [-0.15, -0.1) is 0 Å². The summed E-state index contributed by atoms with van der Waals surface area (Å²) < 4.78 is 1.58. The van der Waals surface area contributed by atoms with E-state index in [9.17, 15) is 9.59 Å². The van der Waals surface area contributed by atoms with Gasteiger partial charge in [0.1, 0.15) is 5.69 Å². The van der Waals surface area contributed by atoms with Crippen LogP contribution in [0.1, 0.15) is 48.8 Å². The molecule has 0 saturated carbocycles. The lowest BCUT2D eigenvalue weighted by molar-refractivity contribution is -0.137. The Balaban J connectivity index is 2.27. The molecule has 106 valence electrons. The first-order chi connectivity index (χ1) is 9.04. The predicted molar refractivity (Wildman–Crippen MR) is 71.0 cm³/mol. The van der Waals surface area contributed by atoms with Crippen molar-refractivity contribution in [2.24, 2.45) is 7.05 Å². The second-order valence-electron chi connectivity index (χ2n) is 4.46. The van der Waals surface area contributed by atoms with E-state index in [1.165, 1.54) is 0 Å². The number of carboxylic acid groups (broad SMARTS) is 1. The molecule has 0 radical (unpaired) electrons. The van der Waals surface area contributed by atoms with Gasteiger partial charge in [-0.3, -0.25) is 14.3 Å². The third-order valence-electron chi connectivity index (χ3n) is 2.88. The summed E-state index contributed by atoms with van der Waals surface area (Å²) in [6, 6.07) is 1.79. The molecule has 2 N–H and O–H groups in total. The van der Waals surface area contributed by atoms with Crippen LogP contribution in [0.25, 0.3) is 0 Å². The van der Waals surface area contributed by atoms with Gasteiger partial charge in [0.05, 0.1) is 5.69 Å². The van der Waals surface area contributed by atoms with Gasteiger partial charge in [0.2, 0.25) is 0 Å². The highest BCUT2D eigenvalue weighted by atomic mass is 16.4. The first kappa shape index (κ1) is 15.2. The van der Waals surface area contributed by atoms with Crippen molar-refractivity contribution >= 4 is 11.9 Å². The maximum absolute atomic E-state index is 11.9. The number of amides is 1. The Bertz CT molecular complexity index is 440. The molecule has 0 aliphatic carbocycles. The minimum Gasteiger partial charge on any atom is -0.481 e. The van der Waals surface area contributed by atoms with Crippen LogP contribution in [0.3, 0.4) is 0 Å². The fourth-order valence-electron chi connectivity index (χ4n) is 1.78. The molecule has 0 unspecified atom stereocenters. The van der Waals surface area contributed by atoms with Gasteiger partial charge in [-0.05, 0) is 25.3 Å². The number of carboxylic acids is 1. The van der Waals surface area contributed by atoms with Crippen molar-refractivity contribution in [3.8, 4) is 0 Å². The summed E-state index contributed by atoms with van der Waals surface area (Å²) in [6.45, 7) is 2.55. The van der Waals surface area contributed by atoms with Crippen molar-refractivity contribution in [3.63, 3.8) is 0 Å². The summed E-state index contributed by atoms with van der Waals surface area (Å²) in [6.07, 6.45) is 3.23. The second-order valence-corrected chi connectivity index (χ2v) is 4.46. The molecule has 6 nitrogen and oxygen atoms in total. The molecule has 1 rings (SSSR count). The Morgan fingerprint density at radius 1 is 1.37 bits per heavy atom.